The summed E-state index contributed by atoms with van der Waals surface area (Å²) in [6.45, 7) is 0. The van der Waals surface area contributed by atoms with E-state index in [1.807, 2.05) is 36.4 Å². The molecule has 0 aliphatic carbocycles. The third-order valence-corrected chi connectivity index (χ3v) is 5.17. The fraction of sp³-hybridized carbons (Fsp3) is 0. The molecule has 0 N–H and O–H groups in total. The monoisotopic (exact) mass is 407 g/mol. The molecule has 0 aliphatic rings. The van der Waals surface area contributed by atoms with Crippen LogP contribution in [0.4, 0.5) is 0 Å². The van der Waals surface area contributed by atoms with Crippen molar-refractivity contribution in [3.63, 3.8) is 0 Å². The lowest BCUT2D eigenvalue weighted by Crippen LogP contribution is -2.22. The van der Waals surface area contributed by atoms with Gasteiger partial charge in [-0.3, -0.25) is 9.59 Å². The molecule has 0 unspecified atom stereocenters. The number of para-hydroxylation sites is 1. The highest BCUT2D eigenvalue weighted by Gasteiger charge is 2.21. The minimum atomic E-state index is -0.310. The predicted molar refractivity (Wildman–Crippen MR) is 113 cm³/mol. The van der Waals surface area contributed by atoms with Gasteiger partial charge in [0.25, 0.3) is 11.5 Å². The Bertz CT molecular complexity index is 1660. The van der Waals surface area contributed by atoms with Gasteiger partial charge in [-0.15, -0.1) is 0 Å². The Morgan fingerprint density at radius 3 is 2.32 bits per heavy atom. The molecule has 0 saturated carbocycles. The van der Waals surface area contributed by atoms with Gasteiger partial charge in [0.15, 0.2) is 5.65 Å². The molecule has 0 saturated heterocycles. The Kier molecular flexibility index (Phi) is 3.57. The van der Waals surface area contributed by atoms with Crippen LogP contribution in [0.3, 0.4) is 0 Å². The second-order valence-corrected chi connectivity index (χ2v) is 6.93. The van der Waals surface area contributed by atoms with Crippen LogP contribution in [0.15, 0.2) is 84.2 Å². The number of fused-ring (bicyclic) bond motifs is 5. The van der Waals surface area contributed by atoms with Gasteiger partial charge in [0, 0.05) is 11.8 Å². The van der Waals surface area contributed by atoms with Gasteiger partial charge in [0.05, 0.1) is 28.2 Å². The molecular formula is C22H13N7O2. The predicted octanol–water partition coefficient (Wildman–Crippen LogP) is 2.47. The molecule has 0 fully saturated rings. The summed E-state index contributed by atoms with van der Waals surface area (Å²) in [6.07, 6.45) is 4.37. The molecule has 0 bridgehead atoms. The van der Waals surface area contributed by atoms with Crippen molar-refractivity contribution in [2.45, 2.75) is 0 Å². The maximum Gasteiger partial charge on any atom is 0.280 e. The number of hydrogen-bond acceptors (Lipinski definition) is 6. The summed E-state index contributed by atoms with van der Waals surface area (Å²) in [5, 5.41) is 9.47. The summed E-state index contributed by atoms with van der Waals surface area (Å²) >= 11 is 0. The Labute approximate surface area is 173 Å². The van der Waals surface area contributed by atoms with E-state index in [-0.39, 0.29) is 11.5 Å². The van der Waals surface area contributed by atoms with E-state index in [4.69, 9.17) is 0 Å². The first-order valence-electron chi connectivity index (χ1n) is 9.50. The van der Waals surface area contributed by atoms with E-state index in [0.717, 1.165) is 0 Å². The molecule has 6 aromatic rings. The van der Waals surface area contributed by atoms with Crippen molar-refractivity contribution in [2.75, 3.05) is 0 Å². The first-order valence-corrected chi connectivity index (χ1v) is 9.50. The largest absolute Gasteiger partial charge is 0.280 e. The lowest BCUT2D eigenvalue weighted by molar-refractivity contribution is 0.0950. The Hall–Kier alpha value is -4.66. The zero-order valence-electron chi connectivity index (χ0n) is 16.0. The minimum Gasteiger partial charge on any atom is -0.268 e. The van der Waals surface area contributed by atoms with Crippen LogP contribution in [0.25, 0.3) is 33.4 Å². The van der Waals surface area contributed by atoms with E-state index >= 15 is 0 Å². The Morgan fingerprint density at radius 2 is 1.55 bits per heavy atom. The lowest BCUT2D eigenvalue weighted by Gasteiger charge is -2.10. The molecule has 0 spiro atoms. The van der Waals surface area contributed by atoms with Crippen molar-refractivity contribution < 1.29 is 4.79 Å². The van der Waals surface area contributed by atoms with E-state index in [0.29, 0.717) is 39.0 Å². The topological polar surface area (TPSA) is 100.0 Å². The first-order chi connectivity index (χ1) is 15.2. The highest BCUT2D eigenvalue weighted by molar-refractivity contribution is 6.07. The van der Waals surface area contributed by atoms with Gasteiger partial charge < -0.3 is 0 Å². The number of rotatable bonds is 2. The summed E-state index contributed by atoms with van der Waals surface area (Å²) in [7, 11) is 0. The van der Waals surface area contributed by atoms with Crippen LogP contribution in [-0.2, 0) is 0 Å². The molecule has 31 heavy (non-hydrogen) atoms. The van der Waals surface area contributed by atoms with E-state index in [9.17, 15) is 9.59 Å². The number of pyridine rings is 1. The lowest BCUT2D eigenvalue weighted by atomic mass is 10.2. The number of benzene rings is 2. The van der Waals surface area contributed by atoms with Crippen LogP contribution in [0.1, 0.15) is 10.4 Å². The van der Waals surface area contributed by atoms with E-state index in [1.165, 1.54) is 28.0 Å². The third kappa shape index (κ3) is 2.43. The third-order valence-electron chi connectivity index (χ3n) is 5.17. The zero-order chi connectivity index (χ0) is 20.9. The zero-order valence-corrected chi connectivity index (χ0v) is 16.0. The average molecular weight is 407 g/mol. The van der Waals surface area contributed by atoms with Crippen LogP contribution in [-0.4, -0.2) is 39.8 Å². The van der Waals surface area contributed by atoms with Crippen molar-refractivity contribution in [3.05, 3.63) is 95.3 Å². The molecule has 6 rings (SSSR count). The van der Waals surface area contributed by atoms with Gasteiger partial charge in [-0.25, -0.2) is 9.55 Å². The highest BCUT2D eigenvalue weighted by Crippen LogP contribution is 2.23. The van der Waals surface area contributed by atoms with Crippen molar-refractivity contribution in [1.82, 2.24) is 33.9 Å². The van der Waals surface area contributed by atoms with Crippen molar-refractivity contribution in [2.24, 2.45) is 0 Å². The average Bonchev–Trinajstić information content (AvgIpc) is 3.47. The molecule has 148 valence electrons. The molecular weight excluding hydrogens is 394 g/mol. The Morgan fingerprint density at radius 1 is 0.806 bits per heavy atom. The SMILES string of the molecule is O=C(c1ccccc1)n1ncc2c1ncc1c(=O)n(-c3ccccc3)c3ncnn3c12. The van der Waals surface area contributed by atoms with E-state index < -0.39 is 0 Å². The Balaban J connectivity index is 1.68. The van der Waals surface area contributed by atoms with E-state index in [1.54, 1.807) is 28.8 Å². The minimum absolute atomic E-state index is 0.279. The van der Waals surface area contributed by atoms with Crippen molar-refractivity contribution >= 4 is 33.6 Å². The molecule has 0 aliphatic heterocycles. The summed E-state index contributed by atoms with van der Waals surface area (Å²) in [5.74, 6) is 0.0493. The molecule has 9 heteroatoms. The smallest absolute Gasteiger partial charge is 0.268 e. The molecule has 2 aromatic carbocycles. The van der Waals surface area contributed by atoms with Gasteiger partial charge in [-0.1, -0.05) is 36.4 Å². The van der Waals surface area contributed by atoms with Crippen LogP contribution in [0.2, 0.25) is 0 Å². The first kappa shape index (κ1) is 17.2. The second-order valence-electron chi connectivity index (χ2n) is 6.93. The summed E-state index contributed by atoms with van der Waals surface area (Å²) in [5.41, 5.74) is 1.72. The maximum atomic E-state index is 13.4. The van der Waals surface area contributed by atoms with Gasteiger partial charge in [0.1, 0.15) is 6.33 Å². The number of hydrogen-bond donors (Lipinski definition) is 0. The number of aromatic nitrogens is 7. The molecule has 0 radical (unpaired) electrons. The molecule has 0 atom stereocenters. The molecule has 4 aromatic heterocycles. The number of carbonyl (C=O) groups excluding carboxylic acids is 1. The van der Waals surface area contributed by atoms with Gasteiger partial charge in [-0.05, 0) is 24.3 Å². The summed E-state index contributed by atoms with van der Waals surface area (Å²) in [6, 6.07) is 18.0. The molecule has 0 amide bonds. The van der Waals surface area contributed by atoms with Gasteiger partial charge in [-0.2, -0.15) is 24.4 Å². The maximum absolute atomic E-state index is 13.4. The van der Waals surface area contributed by atoms with Gasteiger partial charge in [0.2, 0.25) is 5.78 Å². The van der Waals surface area contributed by atoms with E-state index in [2.05, 4.69) is 20.2 Å². The fourth-order valence-corrected chi connectivity index (χ4v) is 3.77. The fourth-order valence-electron chi connectivity index (χ4n) is 3.77. The van der Waals surface area contributed by atoms with Crippen molar-refractivity contribution in [1.29, 1.82) is 0 Å². The standard InChI is InChI=1S/C22H13N7O2/c30-20(14-7-3-1-4-8-14)29-19-16(12-25-29)18-17(11-23-19)21(31)27(15-9-5-2-6-10-15)22-24-13-26-28(18)22/h1-13H. The van der Waals surface area contributed by atoms with Crippen LogP contribution < -0.4 is 5.56 Å². The molecule has 9 nitrogen and oxygen atoms in total. The number of carbonyl (C=O) groups is 1. The quantitative estimate of drug-likeness (QED) is 0.437. The summed E-state index contributed by atoms with van der Waals surface area (Å²) in [4.78, 5) is 35.0. The van der Waals surface area contributed by atoms with Crippen LogP contribution >= 0.6 is 0 Å². The second kappa shape index (κ2) is 6.42. The normalized spacial score (nSPS) is 11.5. The summed E-state index contributed by atoms with van der Waals surface area (Å²) < 4.78 is 4.30. The van der Waals surface area contributed by atoms with Crippen LogP contribution in [0, 0.1) is 0 Å². The van der Waals surface area contributed by atoms with Gasteiger partial charge >= 0.3 is 0 Å². The molecule has 4 heterocycles. The van der Waals surface area contributed by atoms with Crippen LogP contribution in [0.5, 0.6) is 0 Å². The highest BCUT2D eigenvalue weighted by atomic mass is 16.2. The number of nitrogens with zero attached hydrogens (tertiary/aromatic N) is 7. The van der Waals surface area contributed by atoms with Crippen molar-refractivity contribution in [3.8, 4) is 5.69 Å².